The zero-order valence-corrected chi connectivity index (χ0v) is 11.3. The fourth-order valence-electron chi connectivity index (χ4n) is 2.07. The maximum Gasteiger partial charge on any atom is 0.338 e. The van der Waals surface area contributed by atoms with Crippen molar-refractivity contribution in [3.05, 3.63) is 66.1 Å². The van der Waals surface area contributed by atoms with Crippen LogP contribution in [0.15, 0.2) is 55.0 Å². The third-order valence-electron chi connectivity index (χ3n) is 3.16. The number of carbonyl (C=O) groups is 1. The van der Waals surface area contributed by atoms with Crippen LogP contribution in [-0.2, 0) is 0 Å². The Bertz CT molecular complexity index is 879. The van der Waals surface area contributed by atoms with Crippen LogP contribution < -0.4 is 0 Å². The van der Waals surface area contributed by atoms with Gasteiger partial charge in [-0.15, -0.1) is 0 Å². The standard InChI is InChI=1S/C16H10N4O2/c17-7-12-6-15(20-10-13(8-19-20)16(21)22)18-9-14(12)11-4-2-1-3-5-11/h1-6,8-10H,(H,21,22). The van der Waals surface area contributed by atoms with E-state index in [1.54, 1.807) is 12.3 Å². The van der Waals surface area contributed by atoms with Gasteiger partial charge in [-0.1, -0.05) is 30.3 Å². The van der Waals surface area contributed by atoms with Crippen molar-refractivity contribution in [3.8, 4) is 23.0 Å². The first kappa shape index (κ1) is 13.5. The summed E-state index contributed by atoms with van der Waals surface area (Å²) in [4.78, 5) is 15.1. The highest BCUT2D eigenvalue weighted by Crippen LogP contribution is 2.23. The molecule has 0 spiro atoms. The van der Waals surface area contributed by atoms with Gasteiger partial charge in [0.25, 0.3) is 0 Å². The van der Waals surface area contributed by atoms with Gasteiger partial charge in [0, 0.05) is 24.0 Å². The molecule has 0 saturated carbocycles. The number of rotatable bonds is 3. The lowest BCUT2D eigenvalue weighted by atomic mass is 10.0. The van der Waals surface area contributed by atoms with Gasteiger partial charge in [-0.05, 0) is 5.56 Å². The molecule has 6 nitrogen and oxygen atoms in total. The zero-order chi connectivity index (χ0) is 15.5. The Morgan fingerprint density at radius 1 is 1.23 bits per heavy atom. The van der Waals surface area contributed by atoms with Gasteiger partial charge < -0.3 is 5.11 Å². The summed E-state index contributed by atoms with van der Waals surface area (Å²) in [5.74, 6) is -0.670. The quantitative estimate of drug-likeness (QED) is 0.800. The van der Waals surface area contributed by atoms with Gasteiger partial charge in [-0.2, -0.15) is 10.4 Å². The molecule has 0 radical (unpaired) electrons. The third-order valence-corrected chi connectivity index (χ3v) is 3.16. The number of carboxylic acids is 1. The second-order valence-corrected chi connectivity index (χ2v) is 4.54. The van der Waals surface area contributed by atoms with Crippen molar-refractivity contribution in [2.45, 2.75) is 0 Å². The summed E-state index contributed by atoms with van der Waals surface area (Å²) in [5, 5.41) is 22.2. The summed E-state index contributed by atoms with van der Waals surface area (Å²) in [6.07, 6.45) is 4.18. The van der Waals surface area contributed by atoms with Crippen molar-refractivity contribution >= 4 is 5.97 Å². The molecule has 2 heterocycles. The van der Waals surface area contributed by atoms with Gasteiger partial charge in [0.1, 0.15) is 0 Å². The summed E-state index contributed by atoms with van der Waals surface area (Å²) in [6.45, 7) is 0. The van der Waals surface area contributed by atoms with Crippen molar-refractivity contribution in [2.75, 3.05) is 0 Å². The Kier molecular flexibility index (Phi) is 3.38. The smallest absolute Gasteiger partial charge is 0.338 e. The Hall–Kier alpha value is -3.46. The van der Waals surface area contributed by atoms with Gasteiger partial charge in [-0.25, -0.2) is 14.5 Å². The molecule has 0 bridgehead atoms. The minimum atomic E-state index is -1.06. The molecule has 106 valence electrons. The summed E-state index contributed by atoms with van der Waals surface area (Å²) in [5.41, 5.74) is 2.12. The van der Waals surface area contributed by atoms with E-state index in [9.17, 15) is 10.1 Å². The Morgan fingerprint density at radius 3 is 2.64 bits per heavy atom. The number of hydrogen-bond acceptors (Lipinski definition) is 4. The lowest BCUT2D eigenvalue weighted by Gasteiger charge is -2.06. The third kappa shape index (κ3) is 2.43. The van der Waals surface area contributed by atoms with E-state index >= 15 is 0 Å². The number of nitrogens with zero attached hydrogens (tertiary/aromatic N) is 4. The molecule has 0 aliphatic heterocycles. The van der Waals surface area contributed by atoms with E-state index in [2.05, 4.69) is 16.2 Å². The molecule has 1 N–H and O–H groups in total. The molecular weight excluding hydrogens is 280 g/mol. The van der Waals surface area contributed by atoms with Gasteiger partial charge >= 0.3 is 5.97 Å². The van der Waals surface area contributed by atoms with Crippen LogP contribution in [0.1, 0.15) is 15.9 Å². The zero-order valence-electron chi connectivity index (χ0n) is 11.3. The van der Waals surface area contributed by atoms with Gasteiger partial charge in [-0.3, -0.25) is 0 Å². The van der Waals surface area contributed by atoms with E-state index in [0.29, 0.717) is 11.4 Å². The fraction of sp³-hybridized carbons (Fsp3) is 0. The van der Waals surface area contributed by atoms with E-state index in [1.807, 2.05) is 30.3 Å². The van der Waals surface area contributed by atoms with Crippen LogP contribution in [0.3, 0.4) is 0 Å². The number of aromatic carboxylic acids is 1. The SMILES string of the molecule is N#Cc1cc(-n2cc(C(=O)O)cn2)ncc1-c1ccccc1. The molecule has 0 atom stereocenters. The summed E-state index contributed by atoms with van der Waals surface area (Å²) >= 11 is 0. The highest BCUT2D eigenvalue weighted by atomic mass is 16.4. The van der Waals surface area contributed by atoms with E-state index in [-0.39, 0.29) is 5.56 Å². The predicted octanol–water partition coefficient (Wildman–Crippen LogP) is 2.50. The second kappa shape index (κ2) is 5.50. The number of carboxylic acid groups (broad SMARTS) is 1. The molecule has 0 fully saturated rings. The fourth-order valence-corrected chi connectivity index (χ4v) is 2.07. The first-order valence-electron chi connectivity index (χ1n) is 6.43. The van der Waals surface area contributed by atoms with E-state index in [1.165, 1.54) is 17.1 Å². The van der Waals surface area contributed by atoms with E-state index in [4.69, 9.17) is 5.11 Å². The van der Waals surface area contributed by atoms with Crippen LogP contribution in [0.5, 0.6) is 0 Å². The summed E-state index contributed by atoms with van der Waals surface area (Å²) in [7, 11) is 0. The summed E-state index contributed by atoms with van der Waals surface area (Å²) < 4.78 is 1.33. The maximum atomic E-state index is 10.9. The topological polar surface area (TPSA) is 91.8 Å². The largest absolute Gasteiger partial charge is 0.478 e. The van der Waals surface area contributed by atoms with Crippen LogP contribution >= 0.6 is 0 Å². The molecule has 0 amide bonds. The molecule has 0 unspecified atom stereocenters. The number of hydrogen-bond donors (Lipinski definition) is 1. The summed E-state index contributed by atoms with van der Waals surface area (Å²) in [6, 6.07) is 13.2. The maximum absolute atomic E-state index is 10.9. The van der Waals surface area contributed by atoms with E-state index < -0.39 is 5.97 Å². The molecule has 1 aromatic carbocycles. The molecule has 3 rings (SSSR count). The predicted molar refractivity (Wildman–Crippen MR) is 78.5 cm³/mol. The van der Waals surface area contributed by atoms with Gasteiger partial charge in [0.05, 0.1) is 23.4 Å². The van der Waals surface area contributed by atoms with Crippen LogP contribution in [0.2, 0.25) is 0 Å². The van der Waals surface area contributed by atoms with Crippen molar-refractivity contribution in [2.24, 2.45) is 0 Å². The molecular formula is C16H10N4O2. The first-order chi connectivity index (χ1) is 10.7. The van der Waals surface area contributed by atoms with Crippen molar-refractivity contribution in [3.63, 3.8) is 0 Å². The number of benzene rings is 1. The molecule has 0 aliphatic rings. The monoisotopic (exact) mass is 290 g/mol. The minimum Gasteiger partial charge on any atom is -0.478 e. The minimum absolute atomic E-state index is 0.0624. The Labute approximate surface area is 125 Å². The average molecular weight is 290 g/mol. The highest BCUT2D eigenvalue weighted by molar-refractivity contribution is 5.87. The second-order valence-electron chi connectivity index (χ2n) is 4.54. The molecule has 22 heavy (non-hydrogen) atoms. The normalized spacial score (nSPS) is 10.1. The number of aromatic nitrogens is 3. The molecule has 0 aliphatic carbocycles. The van der Waals surface area contributed by atoms with Crippen LogP contribution in [-0.4, -0.2) is 25.8 Å². The lowest BCUT2D eigenvalue weighted by Crippen LogP contribution is -2.00. The molecule has 2 aromatic heterocycles. The van der Waals surface area contributed by atoms with Gasteiger partial charge in [0.15, 0.2) is 5.82 Å². The van der Waals surface area contributed by atoms with E-state index in [0.717, 1.165) is 11.1 Å². The Morgan fingerprint density at radius 2 is 2.00 bits per heavy atom. The molecule has 6 heteroatoms. The van der Waals surface area contributed by atoms with Gasteiger partial charge in [0.2, 0.25) is 0 Å². The Balaban J connectivity index is 2.05. The van der Waals surface area contributed by atoms with Crippen molar-refractivity contribution in [1.82, 2.24) is 14.8 Å². The first-order valence-corrected chi connectivity index (χ1v) is 6.43. The highest BCUT2D eigenvalue weighted by Gasteiger charge is 2.11. The van der Waals surface area contributed by atoms with Crippen LogP contribution in [0.25, 0.3) is 16.9 Å². The average Bonchev–Trinajstić information content (AvgIpc) is 3.05. The van der Waals surface area contributed by atoms with Crippen LogP contribution in [0, 0.1) is 11.3 Å². The molecule has 0 saturated heterocycles. The van der Waals surface area contributed by atoms with Crippen molar-refractivity contribution < 1.29 is 9.90 Å². The number of pyridine rings is 1. The van der Waals surface area contributed by atoms with Crippen molar-refractivity contribution in [1.29, 1.82) is 5.26 Å². The molecule has 3 aromatic rings. The number of nitriles is 1. The van der Waals surface area contributed by atoms with Crippen LogP contribution in [0.4, 0.5) is 0 Å². The lowest BCUT2D eigenvalue weighted by molar-refractivity contribution is 0.0697.